The second-order valence-corrected chi connectivity index (χ2v) is 5.07. The predicted molar refractivity (Wildman–Crippen MR) is 89.9 cm³/mol. The standard InChI is InChI=1S/C13H29N3O.HI/c1-11(2)6-8-17-9-7-15-13(14-5)16-10-12(3)4;/h11-12H,6-10H2,1-5H3,(H2,14,15,16);1H. The monoisotopic (exact) mass is 371 g/mol. The Morgan fingerprint density at radius 2 is 1.72 bits per heavy atom. The smallest absolute Gasteiger partial charge is 0.191 e. The van der Waals surface area contributed by atoms with Crippen molar-refractivity contribution in [1.29, 1.82) is 0 Å². The van der Waals surface area contributed by atoms with Crippen LogP contribution in [0.25, 0.3) is 0 Å². The van der Waals surface area contributed by atoms with Gasteiger partial charge in [-0.2, -0.15) is 0 Å². The molecule has 0 aliphatic carbocycles. The molecule has 0 atom stereocenters. The van der Waals surface area contributed by atoms with Crippen LogP contribution in [0.1, 0.15) is 34.1 Å². The van der Waals surface area contributed by atoms with E-state index in [1.54, 1.807) is 7.05 Å². The Labute approximate surface area is 129 Å². The lowest BCUT2D eigenvalue weighted by molar-refractivity contribution is 0.128. The number of aliphatic imine (C=N–C) groups is 1. The number of hydrogen-bond acceptors (Lipinski definition) is 2. The van der Waals surface area contributed by atoms with E-state index in [-0.39, 0.29) is 24.0 Å². The van der Waals surface area contributed by atoms with Crippen molar-refractivity contribution in [1.82, 2.24) is 10.6 Å². The fraction of sp³-hybridized carbons (Fsp3) is 0.923. The van der Waals surface area contributed by atoms with Gasteiger partial charge in [0, 0.05) is 26.7 Å². The SMILES string of the molecule is CN=C(NCCOCCC(C)C)NCC(C)C.I. The molecular formula is C13H30IN3O. The van der Waals surface area contributed by atoms with Crippen molar-refractivity contribution in [2.75, 3.05) is 33.4 Å². The Hall–Kier alpha value is -0.0400. The maximum Gasteiger partial charge on any atom is 0.191 e. The molecule has 0 aliphatic rings. The lowest BCUT2D eigenvalue weighted by Gasteiger charge is -2.13. The van der Waals surface area contributed by atoms with E-state index in [4.69, 9.17) is 4.74 Å². The first-order chi connectivity index (χ1) is 8.06. The molecule has 0 aliphatic heterocycles. The van der Waals surface area contributed by atoms with Crippen molar-refractivity contribution in [3.05, 3.63) is 0 Å². The van der Waals surface area contributed by atoms with Gasteiger partial charge in [-0.05, 0) is 18.3 Å². The zero-order valence-electron chi connectivity index (χ0n) is 12.5. The summed E-state index contributed by atoms with van der Waals surface area (Å²) in [6.45, 7) is 12.1. The van der Waals surface area contributed by atoms with Crippen LogP contribution in [0.15, 0.2) is 4.99 Å². The maximum absolute atomic E-state index is 5.52. The number of halogens is 1. The summed E-state index contributed by atoms with van der Waals surface area (Å²) in [5, 5.41) is 6.49. The van der Waals surface area contributed by atoms with E-state index in [1.807, 2.05) is 0 Å². The summed E-state index contributed by atoms with van der Waals surface area (Å²) in [4.78, 5) is 4.14. The molecule has 2 N–H and O–H groups in total. The van der Waals surface area contributed by atoms with Crippen LogP contribution in [0.4, 0.5) is 0 Å². The topological polar surface area (TPSA) is 45.7 Å². The lowest BCUT2D eigenvalue weighted by Crippen LogP contribution is -2.40. The van der Waals surface area contributed by atoms with Crippen molar-refractivity contribution >= 4 is 29.9 Å². The lowest BCUT2D eigenvalue weighted by atomic mass is 10.1. The molecule has 0 unspecified atom stereocenters. The highest BCUT2D eigenvalue weighted by Gasteiger charge is 1.98. The minimum atomic E-state index is 0. The fourth-order valence-corrected chi connectivity index (χ4v) is 1.18. The van der Waals surface area contributed by atoms with Crippen molar-refractivity contribution in [2.45, 2.75) is 34.1 Å². The average Bonchev–Trinajstić information content (AvgIpc) is 2.26. The Morgan fingerprint density at radius 1 is 1.06 bits per heavy atom. The van der Waals surface area contributed by atoms with Crippen molar-refractivity contribution in [3.63, 3.8) is 0 Å². The number of rotatable bonds is 8. The average molecular weight is 371 g/mol. The van der Waals surface area contributed by atoms with E-state index in [2.05, 4.69) is 43.3 Å². The Kier molecular flexibility index (Phi) is 15.1. The van der Waals surface area contributed by atoms with Crippen molar-refractivity contribution < 1.29 is 4.74 Å². The van der Waals surface area contributed by atoms with Crippen LogP contribution in [0.5, 0.6) is 0 Å². The maximum atomic E-state index is 5.52. The molecule has 0 radical (unpaired) electrons. The zero-order valence-corrected chi connectivity index (χ0v) is 14.8. The molecule has 0 aromatic heterocycles. The number of nitrogens with zero attached hydrogens (tertiary/aromatic N) is 1. The third-order valence-electron chi connectivity index (χ3n) is 2.28. The van der Waals surface area contributed by atoms with E-state index < -0.39 is 0 Å². The third kappa shape index (κ3) is 14.0. The summed E-state index contributed by atoms with van der Waals surface area (Å²) in [5.74, 6) is 2.19. The molecule has 0 spiro atoms. The first-order valence-corrected chi connectivity index (χ1v) is 6.58. The van der Waals surface area contributed by atoms with Gasteiger partial charge in [0.1, 0.15) is 0 Å². The van der Waals surface area contributed by atoms with Crippen LogP contribution in [-0.4, -0.2) is 39.3 Å². The molecule has 0 saturated heterocycles. The number of ether oxygens (including phenoxy) is 1. The Balaban J connectivity index is 0. The Bertz CT molecular complexity index is 208. The molecule has 5 heteroatoms. The minimum Gasteiger partial charge on any atom is -0.380 e. The first-order valence-electron chi connectivity index (χ1n) is 6.58. The number of nitrogens with one attached hydrogen (secondary N) is 2. The second kappa shape index (κ2) is 13.4. The van der Waals surface area contributed by atoms with E-state index in [9.17, 15) is 0 Å². The fourth-order valence-electron chi connectivity index (χ4n) is 1.18. The number of hydrogen-bond donors (Lipinski definition) is 2. The van der Waals surface area contributed by atoms with Crippen LogP contribution in [0, 0.1) is 11.8 Å². The molecule has 0 aromatic carbocycles. The van der Waals surface area contributed by atoms with E-state index in [1.165, 1.54) is 0 Å². The van der Waals surface area contributed by atoms with Gasteiger partial charge >= 0.3 is 0 Å². The summed E-state index contributed by atoms with van der Waals surface area (Å²) in [6.07, 6.45) is 1.13. The van der Waals surface area contributed by atoms with Crippen LogP contribution >= 0.6 is 24.0 Å². The molecule has 0 rings (SSSR count). The predicted octanol–water partition coefficient (Wildman–Crippen LogP) is 2.49. The normalized spacial score (nSPS) is 11.6. The second-order valence-electron chi connectivity index (χ2n) is 5.07. The van der Waals surface area contributed by atoms with Crippen molar-refractivity contribution in [2.24, 2.45) is 16.8 Å². The van der Waals surface area contributed by atoms with Crippen LogP contribution in [0.3, 0.4) is 0 Å². The van der Waals surface area contributed by atoms with Crippen molar-refractivity contribution in [3.8, 4) is 0 Å². The van der Waals surface area contributed by atoms with Gasteiger partial charge in [0.05, 0.1) is 6.61 Å². The van der Waals surface area contributed by atoms with Crippen LogP contribution in [-0.2, 0) is 4.74 Å². The van der Waals surface area contributed by atoms with Gasteiger partial charge in [-0.1, -0.05) is 27.7 Å². The summed E-state index contributed by atoms with van der Waals surface area (Å²) < 4.78 is 5.52. The summed E-state index contributed by atoms with van der Waals surface area (Å²) >= 11 is 0. The highest BCUT2D eigenvalue weighted by atomic mass is 127. The van der Waals surface area contributed by atoms with Gasteiger partial charge in [-0.3, -0.25) is 4.99 Å². The van der Waals surface area contributed by atoms with Gasteiger partial charge < -0.3 is 15.4 Å². The molecule has 4 nitrogen and oxygen atoms in total. The summed E-state index contributed by atoms with van der Waals surface area (Å²) in [6, 6.07) is 0. The molecule has 0 saturated carbocycles. The minimum absolute atomic E-state index is 0. The van der Waals surface area contributed by atoms with E-state index >= 15 is 0 Å². The summed E-state index contributed by atoms with van der Waals surface area (Å²) in [7, 11) is 1.79. The molecule has 110 valence electrons. The molecular weight excluding hydrogens is 341 g/mol. The van der Waals surface area contributed by atoms with E-state index in [0.29, 0.717) is 11.8 Å². The molecule has 0 aromatic rings. The third-order valence-corrected chi connectivity index (χ3v) is 2.28. The largest absolute Gasteiger partial charge is 0.380 e. The van der Waals surface area contributed by atoms with Crippen LogP contribution < -0.4 is 10.6 Å². The number of guanidine groups is 1. The molecule has 0 amide bonds. The molecule has 18 heavy (non-hydrogen) atoms. The molecule has 0 fully saturated rings. The van der Waals surface area contributed by atoms with Gasteiger partial charge in [0.25, 0.3) is 0 Å². The summed E-state index contributed by atoms with van der Waals surface area (Å²) in [5.41, 5.74) is 0. The van der Waals surface area contributed by atoms with E-state index in [0.717, 1.165) is 38.7 Å². The van der Waals surface area contributed by atoms with Gasteiger partial charge in [-0.25, -0.2) is 0 Å². The van der Waals surface area contributed by atoms with Gasteiger partial charge in [0.2, 0.25) is 0 Å². The zero-order chi connectivity index (χ0) is 13.1. The Morgan fingerprint density at radius 3 is 2.22 bits per heavy atom. The van der Waals surface area contributed by atoms with Gasteiger partial charge in [0.15, 0.2) is 5.96 Å². The molecule has 0 bridgehead atoms. The quantitative estimate of drug-likeness (QED) is 0.298. The van der Waals surface area contributed by atoms with Crippen LogP contribution in [0.2, 0.25) is 0 Å². The highest BCUT2D eigenvalue weighted by molar-refractivity contribution is 14.0. The molecule has 0 heterocycles. The van der Waals surface area contributed by atoms with Gasteiger partial charge in [-0.15, -0.1) is 24.0 Å². The first kappa shape index (κ1) is 20.3. The highest BCUT2D eigenvalue weighted by Crippen LogP contribution is 1.98.